The average molecular weight is 491 g/mol. The Bertz CT molecular complexity index is 1290. The highest BCUT2D eigenvalue weighted by Gasteiger charge is 2.50. The van der Waals surface area contributed by atoms with E-state index in [9.17, 15) is 13.5 Å². The molecule has 0 saturated carbocycles. The zero-order chi connectivity index (χ0) is 24.6. The third-order valence-electron chi connectivity index (χ3n) is 7.61. The van der Waals surface area contributed by atoms with Crippen molar-refractivity contribution in [3.8, 4) is 11.1 Å². The number of rotatable bonds is 5. The first-order valence-corrected chi connectivity index (χ1v) is 13.9. The Hall–Kier alpha value is -2.51. The van der Waals surface area contributed by atoms with Crippen LogP contribution < -0.4 is 0 Å². The van der Waals surface area contributed by atoms with Crippen molar-refractivity contribution in [2.75, 3.05) is 26.2 Å². The topological polar surface area (TPSA) is 60.9 Å². The van der Waals surface area contributed by atoms with Crippen molar-refractivity contribution in [2.45, 2.75) is 49.6 Å². The van der Waals surface area contributed by atoms with Crippen molar-refractivity contribution in [1.82, 2.24) is 9.21 Å². The molecule has 35 heavy (non-hydrogen) atoms. The Labute approximate surface area is 209 Å². The van der Waals surface area contributed by atoms with Crippen LogP contribution in [0.1, 0.15) is 35.4 Å². The summed E-state index contributed by atoms with van der Waals surface area (Å²) in [5.41, 5.74) is 5.68. The van der Waals surface area contributed by atoms with Crippen molar-refractivity contribution in [3.05, 3.63) is 89.5 Å². The van der Waals surface area contributed by atoms with E-state index in [1.54, 1.807) is 16.4 Å². The number of hydrogen-bond acceptors (Lipinski definition) is 4. The fraction of sp³-hybridized carbons (Fsp3) is 0.379. The molecule has 184 valence electrons. The molecule has 5 rings (SSSR count). The average Bonchev–Trinajstić information content (AvgIpc) is 2.83. The number of aliphatic hydroxyl groups excluding tert-OH is 1. The zero-order valence-corrected chi connectivity index (χ0v) is 21.3. The number of aliphatic hydroxyl groups is 1. The molecule has 5 nitrogen and oxygen atoms in total. The van der Waals surface area contributed by atoms with E-state index in [2.05, 4.69) is 60.4 Å². The molecule has 1 N–H and O–H groups in total. The number of sulfonamides is 1. The maximum absolute atomic E-state index is 13.6. The van der Waals surface area contributed by atoms with Crippen LogP contribution >= 0.6 is 0 Å². The van der Waals surface area contributed by atoms with Crippen LogP contribution in [0.5, 0.6) is 0 Å². The lowest BCUT2D eigenvalue weighted by Crippen LogP contribution is -2.67. The van der Waals surface area contributed by atoms with Gasteiger partial charge >= 0.3 is 0 Å². The maximum Gasteiger partial charge on any atom is 0.243 e. The fourth-order valence-electron chi connectivity index (χ4n) is 5.77. The zero-order valence-electron chi connectivity index (χ0n) is 20.5. The van der Waals surface area contributed by atoms with Gasteiger partial charge in [-0.25, -0.2) is 8.42 Å². The third-order valence-corrected chi connectivity index (χ3v) is 9.47. The molecule has 0 unspecified atom stereocenters. The largest absolute Gasteiger partial charge is 0.395 e. The monoisotopic (exact) mass is 490 g/mol. The highest BCUT2D eigenvalue weighted by atomic mass is 32.2. The first-order chi connectivity index (χ1) is 16.9. The lowest BCUT2D eigenvalue weighted by atomic mass is 9.74. The normalized spacial score (nSPS) is 23.7. The van der Waals surface area contributed by atoms with E-state index in [4.69, 9.17) is 0 Å². The molecule has 2 heterocycles. The minimum absolute atomic E-state index is 0.0199. The van der Waals surface area contributed by atoms with Gasteiger partial charge in [-0.05, 0) is 67.6 Å². The Morgan fingerprint density at radius 3 is 2.23 bits per heavy atom. The van der Waals surface area contributed by atoms with Gasteiger partial charge in [0, 0.05) is 31.1 Å². The second-order valence-electron chi connectivity index (χ2n) is 9.96. The van der Waals surface area contributed by atoms with Crippen LogP contribution in [0.2, 0.25) is 0 Å². The molecule has 0 radical (unpaired) electrons. The summed E-state index contributed by atoms with van der Waals surface area (Å²) in [6, 6.07) is 24.3. The third kappa shape index (κ3) is 4.68. The molecule has 2 aliphatic heterocycles. The first-order valence-electron chi connectivity index (χ1n) is 12.5. The van der Waals surface area contributed by atoms with Gasteiger partial charge in [0.2, 0.25) is 10.0 Å². The van der Waals surface area contributed by atoms with Crippen LogP contribution in [-0.2, 0) is 10.0 Å². The quantitative estimate of drug-likeness (QED) is 0.569. The molecule has 3 aromatic carbocycles. The van der Waals surface area contributed by atoms with Crippen molar-refractivity contribution < 1.29 is 13.5 Å². The summed E-state index contributed by atoms with van der Waals surface area (Å²) < 4.78 is 28.8. The van der Waals surface area contributed by atoms with Gasteiger partial charge in [-0.1, -0.05) is 66.2 Å². The summed E-state index contributed by atoms with van der Waals surface area (Å²) in [5, 5.41) is 10.2. The molecular formula is C29H34N2O3S. The molecular weight excluding hydrogens is 456 g/mol. The van der Waals surface area contributed by atoms with Crippen LogP contribution in [-0.4, -0.2) is 61.1 Å². The highest BCUT2D eigenvalue weighted by molar-refractivity contribution is 7.89. The van der Waals surface area contributed by atoms with E-state index in [0.29, 0.717) is 18.0 Å². The van der Waals surface area contributed by atoms with Gasteiger partial charge in [-0.15, -0.1) is 0 Å². The summed E-state index contributed by atoms with van der Waals surface area (Å²) >= 11 is 0. The second kappa shape index (κ2) is 9.86. The van der Waals surface area contributed by atoms with Crippen molar-refractivity contribution in [1.29, 1.82) is 0 Å². The first kappa shape index (κ1) is 24.2. The van der Waals surface area contributed by atoms with Crippen LogP contribution in [0.3, 0.4) is 0 Å². The van der Waals surface area contributed by atoms with Crippen molar-refractivity contribution >= 4 is 10.0 Å². The molecule has 3 atom stereocenters. The second-order valence-corrected chi connectivity index (χ2v) is 11.9. The summed E-state index contributed by atoms with van der Waals surface area (Å²) in [4.78, 5) is 2.68. The minimum atomic E-state index is -3.58. The van der Waals surface area contributed by atoms with Gasteiger partial charge in [-0.3, -0.25) is 4.90 Å². The van der Waals surface area contributed by atoms with Gasteiger partial charge in [0.15, 0.2) is 0 Å². The predicted octanol–water partition coefficient (Wildman–Crippen LogP) is 4.58. The standard InChI is InChI=1S/C29H34N2O3S/c1-21-7-5-9-25(17-21)23-11-13-24(14-12-23)29-27-19-30(15-3-4-16-31(27)28(29)20-32)35(33,34)26-10-6-8-22(2)18-26/h5-14,17-18,27-29,32H,3-4,15-16,19-20H2,1-2H3/t27-,28+,29-/m1/s1. The fourth-order valence-corrected chi connectivity index (χ4v) is 7.38. The molecule has 2 saturated heterocycles. The van der Waals surface area contributed by atoms with Gasteiger partial charge < -0.3 is 5.11 Å². The highest BCUT2D eigenvalue weighted by Crippen LogP contribution is 2.43. The van der Waals surface area contributed by atoms with Crippen molar-refractivity contribution in [2.24, 2.45) is 0 Å². The van der Waals surface area contributed by atoms with Gasteiger partial charge in [-0.2, -0.15) is 4.31 Å². The van der Waals surface area contributed by atoms with Crippen LogP contribution in [0.25, 0.3) is 11.1 Å². The summed E-state index contributed by atoms with van der Waals surface area (Å²) in [6.45, 7) is 5.96. The summed E-state index contributed by atoms with van der Waals surface area (Å²) in [6.07, 6.45) is 1.74. The minimum Gasteiger partial charge on any atom is -0.395 e. The lowest BCUT2D eigenvalue weighted by molar-refractivity contribution is -0.0553. The summed E-state index contributed by atoms with van der Waals surface area (Å²) in [7, 11) is -3.58. The van der Waals surface area contributed by atoms with Gasteiger partial charge in [0.1, 0.15) is 0 Å². The molecule has 0 spiro atoms. The Morgan fingerprint density at radius 1 is 0.857 bits per heavy atom. The van der Waals surface area contributed by atoms with Crippen LogP contribution in [0, 0.1) is 13.8 Å². The lowest BCUT2D eigenvalue weighted by Gasteiger charge is -2.57. The van der Waals surface area contributed by atoms with E-state index >= 15 is 0 Å². The number of benzene rings is 3. The molecule has 2 fully saturated rings. The molecule has 0 aliphatic carbocycles. The van der Waals surface area contributed by atoms with E-state index < -0.39 is 10.0 Å². The van der Waals surface area contributed by atoms with E-state index in [0.717, 1.165) is 36.1 Å². The molecule has 2 aliphatic rings. The van der Waals surface area contributed by atoms with Gasteiger partial charge in [0.05, 0.1) is 11.5 Å². The van der Waals surface area contributed by atoms with E-state index in [1.807, 2.05) is 19.1 Å². The number of nitrogens with zero attached hydrogens (tertiary/aromatic N) is 2. The van der Waals surface area contributed by atoms with Gasteiger partial charge in [0.25, 0.3) is 0 Å². The molecule has 6 heteroatoms. The van der Waals surface area contributed by atoms with E-state index in [1.165, 1.54) is 11.1 Å². The predicted molar refractivity (Wildman–Crippen MR) is 140 cm³/mol. The maximum atomic E-state index is 13.6. The SMILES string of the molecule is Cc1cccc(-c2ccc([C@@H]3[C@H]4CN(S(=O)(=O)c5cccc(C)c5)CCCCN4[C@H]3CO)cc2)c1. The van der Waals surface area contributed by atoms with Crippen LogP contribution in [0.15, 0.2) is 77.7 Å². The molecule has 0 amide bonds. The summed E-state index contributed by atoms with van der Waals surface area (Å²) in [5.74, 6) is 0.0971. The van der Waals surface area contributed by atoms with Crippen molar-refractivity contribution in [3.63, 3.8) is 0 Å². The number of hydrogen-bond donors (Lipinski definition) is 1. The van der Waals surface area contributed by atoms with Crippen LogP contribution in [0.4, 0.5) is 0 Å². The molecule has 0 bridgehead atoms. The molecule has 3 aromatic rings. The smallest absolute Gasteiger partial charge is 0.243 e. The Kier molecular flexibility index (Phi) is 6.82. The number of fused-ring (bicyclic) bond motifs is 1. The van der Waals surface area contributed by atoms with E-state index in [-0.39, 0.29) is 24.6 Å². The number of aryl methyl sites for hydroxylation is 2. The molecule has 0 aromatic heterocycles. The Balaban J connectivity index is 1.43. The Morgan fingerprint density at radius 2 is 1.54 bits per heavy atom.